The first-order valence-corrected chi connectivity index (χ1v) is 5.20. The first-order valence-electron chi connectivity index (χ1n) is 5.20. The highest BCUT2D eigenvalue weighted by Gasteiger charge is 2.36. The van der Waals surface area contributed by atoms with Gasteiger partial charge in [0.2, 0.25) is 5.67 Å². The number of nitrogens with zero attached hydrogens (tertiary/aromatic N) is 1. The number of hydrogen-bond acceptors (Lipinski definition) is 2. The minimum atomic E-state index is -2.18. The Kier molecular flexibility index (Phi) is 2.68. The molecular formula is C12H14FNO2. The molecule has 1 aliphatic heterocycles. The van der Waals surface area contributed by atoms with Crippen molar-refractivity contribution in [2.75, 3.05) is 6.54 Å². The largest absolute Gasteiger partial charge is 0.479 e. The average molecular weight is 223 g/mol. The lowest BCUT2D eigenvalue weighted by Gasteiger charge is -2.22. The van der Waals surface area contributed by atoms with E-state index in [2.05, 4.69) is 0 Å². The molecule has 0 aromatic heterocycles. The summed E-state index contributed by atoms with van der Waals surface area (Å²) in [5.74, 6) is -1.40. The van der Waals surface area contributed by atoms with Crippen LogP contribution in [0.15, 0.2) is 24.3 Å². The van der Waals surface area contributed by atoms with Gasteiger partial charge in [-0.05, 0) is 18.1 Å². The molecule has 1 aromatic rings. The summed E-state index contributed by atoms with van der Waals surface area (Å²) in [5, 5.41) is 8.72. The summed E-state index contributed by atoms with van der Waals surface area (Å²) in [7, 11) is 0. The van der Waals surface area contributed by atoms with Gasteiger partial charge in [0.15, 0.2) is 0 Å². The Morgan fingerprint density at radius 2 is 1.94 bits per heavy atom. The number of halogens is 1. The van der Waals surface area contributed by atoms with Crippen LogP contribution < -0.4 is 0 Å². The second-order valence-electron chi connectivity index (χ2n) is 4.42. The molecular weight excluding hydrogens is 209 g/mol. The fourth-order valence-corrected chi connectivity index (χ4v) is 2.00. The summed E-state index contributed by atoms with van der Waals surface area (Å²) in [6.45, 7) is 2.29. The third-order valence-corrected chi connectivity index (χ3v) is 2.87. The quantitative estimate of drug-likeness (QED) is 0.849. The molecule has 86 valence electrons. The molecule has 2 rings (SSSR count). The summed E-state index contributed by atoms with van der Waals surface area (Å²) < 4.78 is 13.6. The number of carbonyl (C=O) groups is 1. The van der Waals surface area contributed by atoms with Crippen molar-refractivity contribution in [1.29, 1.82) is 0 Å². The molecule has 1 heterocycles. The van der Waals surface area contributed by atoms with Gasteiger partial charge in [-0.2, -0.15) is 0 Å². The van der Waals surface area contributed by atoms with E-state index in [4.69, 9.17) is 5.11 Å². The molecule has 0 fully saturated rings. The molecule has 0 saturated heterocycles. The number of rotatable bonds is 3. The van der Waals surface area contributed by atoms with Gasteiger partial charge in [-0.15, -0.1) is 0 Å². The molecule has 4 heteroatoms. The van der Waals surface area contributed by atoms with Gasteiger partial charge < -0.3 is 5.11 Å². The SMILES string of the molecule is CC(F)(CN1Cc2ccccc2C1)C(=O)O. The van der Waals surface area contributed by atoms with E-state index in [1.807, 2.05) is 29.2 Å². The lowest BCUT2D eigenvalue weighted by molar-refractivity contribution is -0.151. The van der Waals surface area contributed by atoms with Crippen LogP contribution in [0.1, 0.15) is 18.1 Å². The summed E-state index contributed by atoms with van der Waals surface area (Å²) in [6.07, 6.45) is 0. The number of hydrogen-bond donors (Lipinski definition) is 1. The predicted octanol–water partition coefficient (Wildman–Crippen LogP) is 1.82. The lowest BCUT2D eigenvalue weighted by Crippen LogP contribution is -2.41. The molecule has 1 unspecified atom stereocenters. The molecule has 3 nitrogen and oxygen atoms in total. The van der Waals surface area contributed by atoms with Gasteiger partial charge in [0.05, 0.1) is 0 Å². The Bertz CT molecular complexity index is 392. The zero-order chi connectivity index (χ0) is 11.8. The van der Waals surface area contributed by atoms with Crippen LogP contribution in [0, 0.1) is 0 Å². The first kappa shape index (κ1) is 11.1. The Hall–Kier alpha value is -1.42. The van der Waals surface area contributed by atoms with E-state index in [0.717, 1.165) is 18.1 Å². The van der Waals surface area contributed by atoms with Crippen molar-refractivity contribution in [1.82, 2.24) is 4.90 Å². The van der Waals surface area contributed by atoms with Crippen molar-refractivity contribution >= 4 is 5.97 Å². The van der Waals surface area contributed by atoms with Crippen molar-refractivity contribution in [2.45, 2.75) is 25.7 Å². The van der Waals surface area contributed by atoms with Crippen LogP contribution in [0.3, 0.4) is 0 Å². The summed E-state index contributed by atoms with van der Waals surface area (Å²) in [4.78, 5) is 12.5. The smallest absolute Gasteiger partial charge is 0.342 e. The molecule has 0 spiro atoms. The maximum Gasteiger partial charge on any atom is 0.342 e. The fourth-order valence-electron chi connectivity index (χ4n) is 2.00. The number of alkyl halides is 1. The minimum absolute atomic E-state index is 0.0724. The second-order valence-corrected chi connectivity index (χ2v) is 4.42. The van der Waals surface area contributed by atoms with Gasteiger partial charge in [0.1, 0.15) is 0 Å². The monoisotopic (exact) mass is 223 g/mol. The van der Waals surface area contributed by atoms with Gasteiger partial charge in [-0.1, -0.05) is 24.3 Å². The first-order chi connectivity index (χ1) is 7.49. The number of aliphatic carboxylic acids is 1. The summed E-state index contributed by atoms with van der Waals surface area (Å²) in [5.41, 5.74) is 0.134. The molecule has 1 aliphatic rings. The van der Waals surface area contributed by atoms with E-state index in [1.165, 1.54) is 0 Å². The third kappa shape index (κ3) is 2.07. The highest BCUT2D eigenvalue weighted by atomic mass is 19.1. The van der Waals surface area contributed by atoms with E-state index in [0.29, 0.717) is 13.1 Å². The number of fused-ring (bicyclic) bond motifs is 1. The number of carboxylic acid groups (broad SMARTS) is 1. The second kappa shape index (κ2) is 3.87. The molecule has 1 aromatic carbocycles. The summed E-state index contributed by atoms with van der Waals surface area (Å²) >= 11 is 0. The van der Waals surface area contributed by atoms with Crippen LogP contribution in [0.4, 0.5) is 4.39 Å². The molecule has 0 amide bonds. The van der Waals surface area contributed by atoms with Crippen LogP contribution in [-0.2, 0) is 17.9 Å². The van der Waals surface area contributed by atoms with Crippen molar-refractivity contribution in [3.8, 4) is 0 Å². The molecule has 0 saturated carbocycles. The van der Waals surface area contributed by atoms with Gasteiger partial charge in [0, 0.05) is 19.6 Å². The predicted molar refractivity (Wildman–Crippen MR) is 57.7 cm³/mol. The van der Waals surface area contributed by atoms with Crippen molar-refractivity contribution in [3.05, 3.63) is 35.4 Å². The zero-order valence-corrected chi connectivity index (χ0v) is 9.11. The number of benzene rings is 1. The van der Waals surface area contributed by atoms with Gasteiger partial charge >= 0.3 is 5.97 Å². The highest BCUT2D eigenvalue weighted by Crippen LogP contribution is 2.25. The van der Waals surface area contributed by atoms with Gasteiger partial charge in [0.25, 0.3) is 0 Å². The highest BCUT2D eigenvalue weighted by molar-refractivity contribution is 5.77. The lowest BCUT2D eigenvalue weighted by atomic mass is 10.1. The minimum Gasteiger partial charge on any atom is -0.479 e. The average Bonchev–Trinajstić information content (AvgIpc) is 2.58. The van der Waals surface area contributed by atoms with E-state index in [9.17, 15) is 9.18 Å². The van der Waals surface area contributed by atoms with E-state index in [-0.39, 0.29) is 6.54 Å². The van der Waals surface area contributed by atoms with Crippen LogP contribution in [-0.4, -0.2) is 28.2 Å². The third-order valence-electron chi connectivity index (χ3n) is 2.87. The molecule has 0 aliphatic carbocycles. The topological polar surface area (TPSA) is 40.5 Å². The standard InChI is InChI=1S/C12H14FNO2/c1-12(13,11(15)16)8-14-6-9-4-2-3-5-10(9)7-14/h2-5H,6-8H2,1H3,(H,15,16). The molecule has 1 atom stereocenters. The fraction of sp³-hybridized carbons (Fsp3) is 0.417. The van der Waals surface area contributed by atoms with Crippen LogP contribution in [0.5, 0.6) is 0 Å². The van der Waals surface area contributed by atoms with Crippen LogP contribution in [0.25, 0.3) is 0 Å². The summed E-state index contributed by atoms with van der Waals surface area (Å²) in [6, 6.07) is 7.86. The zero-order valence-electron chi connectivity index (χ0n) is 9.11. The van der Waals surface area contributed by atoms with Crippen LogP contribution in [0.2, 0.25) is 0 Å². The van der Waals surface area contributed by atoms with Gasteiger partial charge in [-0.3, -0.25) is 4.90 Å². The molecule has 0 bridgehead atoms. The maximum atomic E-state index is 13.6. The normalized spacial score (nSPS) is 19.1. The Morgan fingerprint density at radius 1 is 1.44 bits per heavy atom. The van der Waals surface area contributed by atoms with Crippen molar-refractivity contribution in [3.63, 3.8) is 0 Å². The molecule has 16 heavy (non-hydrogen) atoms. The Balaban J connectivity index is 2.05. The Labute approximate surface area is 93.5 Å². The number of carboxylic acids is 1. The maximum absolute atomic E-state index is 13.6. The van der Waals surface area contributed by atoms with Crippen molar-refractivity contribution < 1.29 is 14.3 Å². The van der Waals surface area contributed by atoms with E-state index < -0.39 is 11.6 Å². The molecule has 1 N–H and O–H groups in total. The molecule has 0 radical (unpaired) electrons. The van der Waals surface area contributed by atoms with Crippen LogP contribution >= 0.6 is 0 Å². The van der Waals surface area contributed by atoms with E-state index >= 15 is 0 Å². The Morgan fingerprint density at radius 3 is 2.38 bits per heavy atom. The van der Waals surface area contributed by atoms with Crippen molar-refractivity contribution in [2.24, 2.45) is 0 Å². The van der Waals surface area contributed by atoms with E-state index in [1.54, 1.807) is 0 Å². The van der Waals surface area contributed by atoms with Gasteiger partial charge in [-0.25, -0.2) is 9.18 Å².